The summed E-state index contributed by atoms with van der Waals surface area (Å²) in [5, 5.41) is 0. The Bertz CT molecular complexity index is 250. The Kier molecular flexibility index (Phi) is 4.11. The number of piperidine rings is 1. The molecule has 17 heavy (non-hydrogen) atoms. The van der Waals surface area contributed by atoms with Gasteiger partial charge in [0.1, 0.15) is 0 Å². The summed E-state index contributed by atoms with van der Waals surface area (Å²) in [7, 11) is 2.24. The van der Waals surface area contributed by atoms with Crippen molar-refractivity contribution in [1.82, 2.24) is 9.80 Å². The van der Waals surface area contributed by atoms with Crippen LogP contribution in [0.4, 0.5) is 0 Å². The van der Waals surface area contributed by atoms with E-state index in [1.165, 1.54) is 38.8 Å². The molecule has 3 heteroatoms. The molecule has 1 saturated carbocycles. The van der Waals surface area contributed by atoms with Crippen LogP contribution in [-0.4, -0.2) is 54.6 Å². The first-order chi connectivity index (χ1) is 8.07. The van der Waals surface area contributed by atoms with Gasteiger partial charge in [0.25, 0.3) is 0 Å². The molecule has 2 rings (SSSR count). The van der Waals surface area contributed by atoms with Gasteiger partial charge in [-0.2, -0.15) is 0 Å². The third kappa shape index (κ3) is 3.01. The molecule has 0 bridgehead atoms. The molecule has 100 valence electrons. The molecule has 0 aromatic carbocycles. The first-order valence-corrected chi connectivity index (χ1v) is 7.23. The van der Waals surface area contributed by atoms with Crippen LogP contribution in [0.15, 0.2) is 0 Å². The van der Waals surface area contributed by atoms with Crippen LogP contribution < -0.4 is 5.73 Å². The zero-order valence-electron chi connectivity index (χ0n) is 11.8. The van der Waals surface area contributed by atoms with Crippen molar-refractivity contribution in [2.45, 2.75) is 51.1 Å². The van der Waals surface area contributed by atoms with Gasteiger partial charge in [-0.1, -0.05) is 0 Å². The van der Waals surface area contributed by atoms with Crippen LogP contribution in [0.25, 0.3) is 0 Å². The molecule has 2 aliphatic rings. The van der Waals surface area contributed by atoms with E-state index in [2.05, 4.69) is 30.7 Å². The minimum atomic E-state index is 0.240. The van der Waals surface area contributed by atoms with Gasteiger partial charge in [-0.15, -0.1) is 0 Å². The molecule has 3 nitrogen and oxygen atoms in total. The second-order valence-corrected chi connectivity index (χ2v) is 6.46. The van der Waals surface area contributed by atoms with Gasteiger partial charge in [0.2, 0.25) is 0 Å². The highest BCUT2D eigenvalue weighted by Crippen LogP contribution is 2.35. The summed E-state index contributed by atoms with van der Waals surface area (Å²) in [6.45, 7) is 9.11. The van der Waals surface area contributed by atoms with E-state index in [9.17, 15) is 0 Å². The SMILES string of the molecule is CC(C)N(CC1CC1)C1(CN)CCCN(C)C1. The largest absolute Gasteiger partial charge is 0.329 e. The van der Waals surface area contributed by atoms with E-state index in [-0.39, 0.29) is 5.54 Å². The number of nitrogens with two attached hydrogens (primary N) is 1. The first-order valence-electron chi connectivity index (χ1n) is 7.23. The highest BCUT2D eigenvalue weighted by atomic mass is 15.3. The van der Waals surface area contributed by atoms with Crippen molar-refractivity contribution in [3.63, 3.8) is 0 Å². The molecular weight excluding hydrogens is 210 g/mol. The third-order valence-corrected chi connectivity index (χ3v) is 4.51. The fraction of sp³-hybridized carbons (Fsp3) is 1.00. The van der Waals surface area contributed by atoms with Crippen molar-refractivity contribution < 1.29 is 0 Å². The smallest absolute Gasteiger partial charge is 0.0461 e. The van der Waals surface area contributed by atoms with Crippen molar-refractivity contribution in [2.24, 2.45) is 11.7 Å². The van der Waals surface area contributed by atoms with Crippen molar-refractivity contribution in [1.29, 1.82) is 0 Å². The fourth-order valence-electron chi connectivity index (χ4n) is 3.39. The predicted octanol–water partition coefficient (Wildman–Crippen LogP) is 1.53. The summed E-state index contributed by atoms with van der Waals surface area (Å²) in [6.07, 6.45) is 5.43. The Labute approximate surface area is 106 Å². The highest BCUT2D eigenvalue weighted by Gasteiger charge is 2.41. The van der Waals surface area contributed by atoms with Crippen molar-refractivity contribution in [2.75, 3.05) is 33.2 Å². The lowest BCUT2D eigenvalue weighted by molar-refractivity contribution is 0.00110. The summed E-state index contributed by atoms with van der Waals surface area (Å²) < 4.78 is 0. The van der Waals surface area contributed by atoms with Crippen LogP contribution in [0, 0.1) is 5.92 Å². The molecule has 1 saturated heterocycles. The number of likely N-dealkylation sites (N-methyl/N-ethyl adjacent to an activating group) is 1. The molecule has 0 radical (unpaired) electrons. The maximum absolute atomic E-state index is 6.17. The molecule has 0 spiro atoms. The maximum Gasteiger partial charge on any atom is 0.0461 e. The number of likely N-dealkylation sites (tertiary alicyclic amines) is 1. The van der Waals surface area contributed by atoms with E-state index < -0.39 is 0 Å². The molecule has 2 N–H and O–H groups in total. The van der Waals surface area contributed by atoms with E-state index >= 15 is 0 Å². The fourth-order valence-corrected chi connectivity index (χ4v) is 3.39. The van der Waals surface area contributed by atoms with Crippen LogP contribution in [-0.2, 0) is 0 Å². The lowest BCUT2D eigenvalue weighted by atomic mass is 9.86. The molecular formula is C14H29N3. The van der Waals surface area contributed by atoms with Crippen LogP contribution in [0.3, 0.4) is 0 Å². The lowest BCUT2D eigenvalue weighted by Gasteiger charge is -2.50. The molecule has 2 fully saturated rings. The summed E-state index contributed by atoms with van der Waals surface area (Å²) >= 11 is 0. The van der Waals surface area contributed by atoms with Crippen molar-refractivity contribution in [3.8, 4) is 0 Å². The Balaban J connectivity index is 2.10. The number of hydrogen-bond acceptors (Lipinski definition) is 3. The van der Waals surface area contributed by atoms with Gasteiger partial charge < -0.3 is 10.6 Å². The lowest BCUT2D eigenvalue weighted by Crippen LogP contribution is -2.64. The molecule has 0 aromatic rings. The van der Waals surface area contributed by atoms with Gasteiger partial charge in [0, 0.05) is 31.2 Å². The number of hydrogen-bond donors (Lipinski definition) is 1. The zero-order chi connectivity index (χ0) is 12.5. The molecule has 1 aliphatic heterocycles. The monoisotopic (exact) mass is 239 g/mol. The topological polar surface area (TPSA) is 32.5 Å². The summed E-state index contributed by atoms with van der Waals surface area (Å²) in [6, 6.07) is 0.616. The summed E-state index contributed by atoms with van der Waals surface area (Å²) in [5.41, 5.74) is 6.41. The number of rotatable bonds is 5. The molecule has 0 aromatic heterocycles. The quantitative estimate of drug-likeness (QED) is 0.790. The molecule has 1 aliphatic carbocycles. The summed E-state index contributed by atoms with van der Waals surface area (Å²) in [5.74, 6) is 0.952. The van der Waals surface area contributed by atoms with Crippen LogP contribution in [0.5, 0.6) is 0 Å². The third-order valence-electron chi connectivity index (χ3n) is 4.51. The van der Waals surface area contributed by atoms with Crippen LogP contribution in [0.2, 0.25) is 0 Å². The normalized spacial score (nSPS) is 31.4. The second kappa shape index (κ2) is 5.25. The average Bonchev–Trinajstić information content (AvgIpc) is 3.09. The minimum absolute atomic E-state index is 0.240. The molecule has 1 heterocycles. The Morgan fingerprint density at radius 1 is 1.41 bits per heavy atom. The van der Waals surface area contributed by atoms with Gasteiger partial charge >= 0.3 is 0 Å². The van der Waals surface area contributed by atoms with Gasteiger partial charge in [-0.3, -0.25) is 4.90 Å². The van der Waals surface area contributed by atoms with Crippen LogP contribution in [0.1, 0.15) is 39.5 Å². The maximum atomic E-state index is 6.17. The van der Waals surface area contributed by atoms with E-state index in [1.54, 1.807) is 0 Å². The van der Waals surface area contributed by atoms with E-state index in [0.717, 1.165) is 19.0 Å². The van der Waals surface area contributed by atoms with E-state index in [1.807, 2.05) is 0 Å². The Hall–Kier alpha value is -0.120. The minimum Gasteiger partial charge on any atom is -0.329 e. The van der Waals surface area contributed by atoms with E-state index in [0.29, 0.717) is 6.04 Å². The molecule has 0 amide bonds. The summed E-state index contributed by atoms with van der Waals surface area (Å²) in [4.78, 5) is 5.17. The van der Waals surface area contributed by atoms with Gasteiger partial charge in [0.05, 0.1) is 0 Å². The highest BCUT2D eigenvalue weighted by molar-refractivity contribution is 4.99. The van der Waals surface area contributed by atoms with Gasteiger partial charge in [-0.05, 0) is 59.0 Å². The second-order valence-electron chi connectivity index (χ2n) is 6.46. The molecule has 1 atom stereocenters. The Morgan fingerprint density at radius 3 is 2.59 bits per heavy atom. The van der Waals surface area contributed by atoms with Gasteiger partial charge in [0.15, 0.2) is 0 Å². The number of nitrogens with zero attached hydrogens (tertiary/aromatic N) is 2. The van der Waals surface area contributed by atoms with E-state index in [4.69, 9.17) is 5.73 Å². The predicted molar refractivity (Wildman–Crippen MR) is 73.1 cm³/mol. The first kappa shape index (κ1) is 13.3. The Morgan fingerprint density at radius 2 is 2.12 bits per heavy atom. The standard InChI is InChI=1S/C14H29N3/c1-12(2)17(9-13-5-6-13)14(10-15)7-4-8-16(3)11-14/h12-13H,4-11,15H2,1-3H3. The van der Waals surface area contributed by atoms with Gasteiger partial charge in [-0.25, -0.2) is 0 Å². The van der Waals surface area contributed by atoms with Crippen molar-refractivity contribution in [3.05, 3.63) is 0 Å². The molecule has 1 unspecified atom stereocenters. The zero-order valence-corrected chi connectivity index (χ0v) is 11.8. The van der Waals surface area contributed by atoms with Crippen molar-refractivity contribution >= 4 is 0 Å². The average molecular weight is 239 g/mol. The van der Waals surface area contributed by atoms with Crippen LogP contribution >= 0.6 is 0 Å².